The van der Waals surface area contributed by atoms with Crippen molar-refractivity contribution in [3.8, 4) is 0 Å². The number of amides is 1. The van der Waals surface area contributed by atoms with Crippen molar-refractivity contribution in [1.82, 2.24) is 4.90 Å². The van der Waals surface area contributed by atoms with E-state index in [1.807, 2.05) is 12.1 Å². The van der Waals surface area contributed by atoms with Gasteiger partial charge in [0.15, 0.2) is 0 Å². The average molecular weight is 294 g/mol. The van der Waals surface area contributed by atoms with Gasteiger partial charge >= 0.3 is 0 Å². The second-order valence-electron chi connectivity index (χ2n) is 6.64. The highest BCUT2D eigenvalue weighted by Gasteiger charge is 2.34. The molecule has 1 aliphatic carbocycles. The van der Waals surface area contributed by atoms with E-state index in [0.29, 0.717) is 11.1 Å². The zero-order valence-electron chi connectivity index (χ0n) is 12.7. The number of nitrogens with zero attached hydrogens (tertiary/aromatic N) is 1. The fraction of sp³-hybridized carbons (Fsp3) is 0.588. The minimum Gasteiger partial charge on any atom is -0.331 e. The lowest BCUT2D eigenvalue weighted by Crippen LogP contribution is -2.52. The largest absolute Gasteiger partial charge is 0.331 e. The van der Waals surface area contributed by atoms with E-state index in [0.717, 1.165) is 18.4 Å². The van der Waals surface area contributed by atoms with E-state index in [4.69, 9.17) is 11.6 Å². The summed E-state index contributed by atoms with van der Waals surface area (Å²) in [5.74, 6) is 0.126. The van der Waals surface area contributed by atoms with Crippen molar-refractivity contribution in [3.05, 3.63) is 34.9 Å². The smallest absolute Gasteiger partial charge is 0.254 e. The minimum atomic E-state index is -0.154. The van der Waals surface area contributed by atoms with E-state index in [-0.39, 0.29) is 11.4 Å². The van der Waals surface area contributed by atoms with Crippen LogP contribution in [0.3, 0.4) is 0 Å². The number of rotatable bonds is 2. The van der Waals surface area contributed by atoms with Gasteiger partial charge in [0, 0.05) is 22.2 Å². The number of hydrogen-bond donors (Lipinski definition) is 0. The fourth-order valence-corrected chi connectivity index (χ4v) is 3.21. The molecule has 1 aromatic rings. The summed E-state index contributed by atoms with van der Waals surface area (Å²) in [6, 6.07) is 7.60. The number of carbonyl (C=O) groups excluding carboxylic acids is 1. The molecule has 0 N–H and O–H groups in total. The molecule has 0 aromatic heterocycles. The Kier molecular flexibility index (Phi) is 4.74. The van der Waals surface area contributed by atoms with Crippen LogP contribution in [-0.4, -0.2) is 22.4 Å². The minimum absolute atomic E-state index is 0.126. The van der Waals surface area contributed by atoms with E-state index in [1.54, 1.807) is 12.1 Å². The Balaban J connectivity index is 2.26. The second-order valence-corrected chi connectivity index (χ2v) is 7.08. The second kappa shape index (κ2) is 6.17. The molecule has 0 saturated heterocycles. The molecule has 0 heterocycles. The van der Waals surface area contributed by atoms with Crippen LogP contribution >= 0.6 is 11.6 Å². The average Bonchev–Trinajstić information content (AvgIpc) is 2.39. The monoisotopic (exact) mass is 293 g/mol. The van der Waals surface area contributed by atoms with Gasteiger partial charge in [-0.1, -0.05) is 30.9 Å². The molecule has 0 atom stereocenters. The SMILES string of the molecule is CC(C)(C)N(C(=O)c1ccc(Cl)cc1)C1CCCCC1. The van der Waals surface area contributed by atoms with Crippen LogP contribution in [0.1, 0.15) is 63.2 Å². The standard InChI is InChI=1S/C17H24ClNO/c1-17(2,3)19(15-7-5-4-6-8-15)16(20)13-9-11-14(18)12-10-13/h9-12,15H,4-8H2,1-3H3. The maximum absolute atomic E-state index is 12.9. The maximum atomic E-state index is 12.9. The molecule has 2 nitrogen and oxygen atoms in total. The Morgan fingerprint density at radius 1 is 1.10 bits per heavy atom. The number of benzene rings is 1. The predicted octanol–water partition coefficient (Wildman–Crippen LogP) is 4.91. The van der Waals surface area contributed by atoms with Crippen LogP contribution in [0, 0.1) is 0 Å². The van der Waals surface area contributed by atoms with Gasteiger partial charge < -0.3 is 4.90 Å². The van der Waals surface area contributed by atoms with Crippen molar-refractivity contribution in [3.63, 3.8) is 0 Å². The predicted molar refractivity (Wildman–Crippen MR) is 84.2 cm³/mol. The van der Waals surface area contributed by atoms with E-state index in [1.165, 1.54) is 19.3 Å². The van der Waals surface area contributed by atoms with Crippen LogP contribution in [-0.2, 0) is 0 Å². The van der Waals surface area contributed by atoms with E-state index in [2.05, 4.69) is 25.7 Å². The highest BCUT2D eigenvalue weighted by Crippen LogP contribution is 2.30. The highest BCUT2D eigenvalue weighted by atomic mass is 35.5. The Morgan fingerprint density at radius 2 is 1.65 bits per heavy atom. The Morgan fingerprint density at radius 3 is 2.15 bits per heavy atom. The van der Waals surface area contributed by atoms with Gasteiger partial charge in [-0.25, -0.2) is 0 Å². The van der Waals surface area contributed by atoms with Crippen molar-refractivity contribution in [1.29, 1.82) is 0 Å². The highest BCUT2D eigenvalue weighted by molar-refractivity contribution is 6.30. The van der Waals surface area contributed by atoms with Gasteiger partial charge in [0.25, 0.3) is 5.91 Å². The Hall–Kier alpha value is -1.02. The molecular weight excluding hydrogens is 270 g/mol. The molecule has 1 aromatic carbocycles. The molecule has 3 heteroatoms. The third-order valence-corrected chi connectivity index (χ3v) is 4.22. The topological polar surface area (TPSA) is 20.3 Å². The van der Waals surface area contributed by atoms with Crippen LogP contribution in [0.4, 0.5) is 0 Å². The van der Waals surface area contributed by atoms with Gasteiger partial charge in [-0.05, 0) is 57.9 Å². The first-order valence-corrected chi connectivity index (χ1v) is 7.86. The Labute approximate surface area is 127 Å². The molecule has 110 valence electrons. The number of halogens is 1. The molecular formula is C17H24ClNO. The molecule has 2 rings (SSSR count). The van der Waals surface area contributed by atoms with Gasteiger partial charge in [0.05, 0.1) is 0 Å². The van der Waals surface area contributed by atoms with E-state index >= 15 is 0 Å². The van der Waals surface area contributed by atoms with Crippen LogP contribution in [0.15, 0.2) is 24.3 Å². The van der Waals surface area contributed by atoms with Crippen molar-refractivity contribution >= 4 is 17.5 Å². The molecule has 0 bridgehead atoms. The van der Waals surface area contributed by atoms with Gasteiger partial charge in [-0.15, -0.1) is 0 Å². The lowest BCUT2D eigenvalue weighted by molar-refractivity contribution is 0.0367. The van der Waals surface area contributed by atoms with Crippen molar-refractivity contribution in [2.24, 2.45) is 0 Å². The quantitative estimate of drug-likeness (QED) is 0.758. The van der Waals surface area contributed by atoms with Crippen LogP contribution in [0.25, 0.3) is 0 Å². The molecule has 1 aliphatic rings. The number of carbonyl (C=O) groups is 1. The molecule has 0 unspecified atom stereocenters. The van der Waals surface area contributed by atoms with Crippen LogP contribution < -0.4 is 0 Å². The van der Waals surface area contributed by atoms with Crippen molar-refractivity contribution in [2.45, 2.75) is 64.5 Å². The zero-order valence-corrected chi connectivity index (χ0v) is 13.4. The summed E-state index contributed by atoms with van der Waals surface area (Å²) in [5.41, 5.74) is 0.577. The third-order valence-electron chi connectivity index (χ3n) is 3.97. The summed E-state index contributed by atoms with van der Waals surface area (Å²) in [5, 5.41) is 0.668. The number of hydrogen-bond acceptors (Lipinski definition) is 1. The summed E-state index contributed by atoms with van der Waals surface area (Å²) < 4.78 is 0. The molecule has 1 fully saturated rings. The van der Waals surface area contributed by atoms with Crippen LogP contribution in [0.5, 0.6) is 0 Å². The zero-order chi connectivity index (χ0) is 14.8. The maximum Gasteiger partial charge on any atom is 0.254 e. The molecule has 0 spiro atoms. The first-order valence-electron chi connectivity index (χ1n) is 7.49. The van der Waals surface area contributed by atoms with Gasteiger partial charge in [-0.2, -0.15) is 0 Å². The van der Waals surface area contributed by atoms with Crippen molar-refractivity contribution in [2.75, 3.05) is 0 Å². The van der Waals surface area contributed by atoms with Crippen LogP contribution in [0.2, 0.25) is 5.02 Å². The molecule has 20 heavy (non-hydrogen) atoms. The molecule has 1 saturated carbocycles. The van der Waals surface area contributed by atoms with Gasteiger partial charge in [-0.3, -0.25) is 4.79 Å². The Bertz CT molecular complexity index is 455. The first kappa shape index (κ1) is 15.4. The lowest BCUT2D eigenvalue weighted by Gasteiger charge is -2.43. The molecule has 0 radical (unpaired) electrons. The fourth-order valence-electron chi connectivity index (χ4n) is 3.09. The van der Waals surface area contributed by atoms with E-state index in [9.17, 15) is 4.79 Å². The summed E-state index contributed by atoms with van der Waals surface area (Å²) in [4.78, 5) is 15.0. The van der Waals surface area contributed by atoms with Gasteiger partial charge in [0.2, 0.25) is 0 Å². The van der Waals surface area contributed by atoms with E-state index < -0.39 is 0 Å². The normalized spacial score (nSPS) is 17.0. The summed E-state index contributed by atoms with van der Waals surface area (Å²) in [7, 11) is 0. The third kappa shape index (κ3) is 3.54. The lowest BCUT2D eigenvalue weighted by atomic mass is 9.90. The first-order chi connectivity index (χ1) is 9.39. The van der Waals surface area contributed by atoms with Crippen molar-refractivity contribution < 1.29 is 4.79 Å². The molecule has 0 aliphatic heterocycles. The summed E-state index contributed by atoms with van der Waals surface area (Å²) >= 11 is 5.91. The summed E-state index contributed by atoms with van der Waals surface area (Å²) in [6.07, 6.45) is 5.99. The summed E-state index contributed by atoms with van der Waals surface area (Å²) in [6.45, 7) is 6.36. The molecule has 1 amide bonds. The van der Waals surface area contributed by atoms with Gasteiger partial charge in [0.1, 0.15) is 0 Å².